The number of carbonyl (C=O) groups excluding carboxylic acids is 2. The number of anilines is 1. The molecule has 2 aliphatic heterocycles. The molecule has 2 aromatic carbocycles. The van der Waals surface area contributed by atoms with Gasteiger partial charge in [-0.3, -0.25) is 14.8 Å². The fourth-order valence-electron chi connectivity index (χ4n) is 5.60. The van der Waals surface area contributed by atoms with E-state index in [9.17, 15) is 24.8 Å². The fourth-order valence-corrected chi connectivity index (χ4v) is 6.67. The largest absolute Gasteiger partial charge is 0.465 e. The van der Waals surface area contributed by atoms with E-state index in [1.54, 1.807) is 30.4 Å². The van der Waals surface area contributed by atoms with Gasteiger partial charge in [0.05, 0.1) is 40.1 Å². The SMILES string of the molecule is CC(C)(C)OC(=O)Nc1sc2c(F)ccc(-c3c(F)cc4c5c3cnn5C[C@H]3CN(C(=O)O)CCN3C4=O)c2c1C#N. The molecule has 2 aliphatic rings. The normalized spacial score (nSPS) is 16.8. The average molecular weight is 595 g/mol. The monoisotopic (exact) mass is 594 g/mol. The number of hydrogen-bond donors (Lipinski definition) is 2. The maximum Gasteiger partial charge on any atom is 0.412 e. The molecule has 14 heteroatoms. The summed E-state index contributed by atoms with van der Waals surface area (Å²) in [5.74, 6) is -1.89. The van der Waals surface area contributed by atoms with Crippen molar-refractivity contribution < 1.29 is 33.0 Å². The highest BCUT2D eigenvalue weighted by Gasteiger charge is 2.38. The van der Waals surface area contributed by atoms with E-state index in [0.29, 0.717) is 5.52 Å². The first-order chi connectivity index (χ1) is 19.9. The minimum Gasteiger partial charge on any atom is -0.465 e. The van der Waals surface area contributed by atoms with Crippen LogP contribution < -0.4 is 5.32 Å². The number of fused-ring (bicyclic) bond motifs is 2. The van der Waals surface area contributed by atoms with Crippen LogP contribution in [0.5, 0.6) is 0 Å². The topological polar surface area (TPSA) is 141 Å². The summed E-state index contributed by atoms with van der Waals surface area (Å²) in [4.78, 5) is 40.4. The molecule has 2 N–H and O–H groups in total. The van der Waals surface area contributed by atoms with Gasteiger partial charge in [-0.2, -0.15) is 10.4 Å². The molecule has 1 atom stereocenters. The maximum atomic E-state index is 16.1. The third-order valence-corrected chi connectivity index (χ3v) is 8.40. The number of nitriles is 1. The Bertz CT molecular complexity index is 1870. The molecule has 0 bridgehead atoms. The van der Waals surface area contributed by atoms with Crippen LogP contribution in [0.25, 0.3) is 32.1 Å². The van der Waals surface area contributed by atoms with Crippen LogP contribution in [-0.4, -0.2) is 74.1 Å². The van der Waals surface area contributed by atoms with Crippen LogP contribution in [0.2, 0.25) is 0 Å². The lowest BCUT2D eigenvalue weighted by molar-refractivity contribution is 0.0427. The molecule has 216 valence electrons. The Hall–Kier alpha value is -4.77. The van der Waals surface area contributed by atoms with Crippen molar-refractivity contribution in [2.45, 2.75) is 39.0 Å². The first kappa shape index (κ1) is 27.4. The van der Waals surface area contributed by atoms with Gasteiger partial charge in [-0.15, -0.1) is 11.3 Å². The molecule has 0 radical (unpaired) electrons. The summed E-state index contributed by atoms with van der Waals surface area (Å²) >= 11 is 0.827. The van der Waals surface area contributed by atoms with Crippen LogP contribution in [0.15, 0.2) is 24.4 Å². The minimum absolute atomic E-state index is 0.0166. The van der Waals surface area contributed by atoms with Crippen molar-refractivity contribution in [3.8, 4) is 17.2 Å². The number of carbonyl (C=O) groups is 3. The Kier molecular flexibility index (Phi) is 6.30. The number of amides is 3. The smallest absolute Gasteiger partial charge is 0.412 e. The number of thiophene rings is 1. The van der Waals surface area contributed by atoms with Crippen LogP contribution in [0.3, 0.4) is 0 Å². The van der Waals surface area contributed by atoms with Crippen molar-refractivity contribution in [2.75, 3.05) is 25.0 Å². The van der Waals surface area contributed by atoms with E-state index in [0.717, 1.165) is 23.5 Å². The van der Waals surface area contributed by atoms with E-state index in [1.807, 2.05) is 6.07 Å². The van der Waals surface area contributed by atoms with E-state index in [-0.39, 0.29) is 68.9 Å². The summed E-state index contributed by atoms with van der Waals surface area (Å²) in [7, 11) is 0. The second-order valence-electron chi connectivity index (χ2n) is 11.1. The molecule has 42 heavy (non-hydrogen) atoms. The molecule has 3 amide bonds. The number of benzene rings is 2. The third kappa shape index (κ3) is 4.37. The summed E-state index contributed by atoms with van der Waals surface area (Å²) in [6.45, 7) is 5.57. The molecular formula is C28H24F2N6O5S. The zero-order chi connectivity index (χ0) is 30.1. The molecule has 11 nitrogen and oxygen atoms in total. The molecular weight excluding hydrogens is 570 g/mol. The van der Waals surface area contributed by atoms with Gasteiger partial charge in [0.1, 0.15) is 28.3 Å². The number of piperazine rings is 1. The molecule has 0 saturated carbocycles. The van der Waals surface area contributed by atoms with Gasteiger partial charge in [-0.25, -0.2) is 18.4 Å². The number of aromatic nitrogens is 2. The van der Waals surface area contributed by atoms with Crippen molar-refractivity contribution in [1.82, 2.24) is 19.6 Å². The van der Waals surface area contributed by atoms with Crippen LogP contribution in [0, 0.1) is 23.0 Å². The zero-order valence-corrected chi connectivity index (χ0v) is 23.5. The molecule has 1 saturated heterocycles. The summed E-state index contributed by atoms with van der Waals surface area (Å²) < 4.78 is 38.0. The summed E-state index contributed by atoms with van der Waals surface area (Å²) in [6, 6.07) is 5.12. The average Bonchev–Trinajstić information content (AvgIpc) is 3.46. The van der Waals surface area contributed by atoms with Crippen molar-refractivity contribution >= 4 is 55.4 Å². The standard InChI is InChI=1S/C28H24F2N6O5S/c1-28(2,3)41-26(38)33-24-16(9-31)21-14(4-5-18(29)23(21)42-24)20-17-10-32-36-12-13-11-34(27(39)40)6-7-35(13)25(37)15(22(17)36)8-19(20)30/h4-5,8,10,13H,6-7,11-12H2,1-3H3,(H,33,38)(H,39,40)/t13-/m1/s1. The highest BCUT2D eigenvalue weighted by Crippen LogP contribution is 2.45. The predicted molar refractivity (Wildman–Crippen MR) is 149 cm³/mol. The van der Waals surface area contributed by atoms with Gasteiger partial charge in [0, 0.05) is 36.0 Å². The number of ether oxygens (including phenoxy) is 1. The summed E-state index contributed by atoms with van der Waals surface area (Å²) in [5, 5.41) is 26.9. The Morgan fingerprint density at radius 1 is 1.19 bits per heavy atom. The van der Waals surface area contributed by atoms with Gasteiger partial charge in [0.15, 0.2) is 0 Å². The molecule has 0 spiro atoms. The molecule has 0 aliphatic carbocycles. The zero-order valence-electron chi connectivity index (χ0n) is 22.7. The van der Waals surface area contributed by atoms with Gasteiger partial charge in [0.2, 0.25) is 0 Å². The van der Waals surface area contributed by atoms with Crippen LogP contribution >= 0.6 is 11.3 Å². The number of hydrogen-bond acceptors (Lipinski definition) is 7. The third-order valence-electron chi connectivity index (χ3n) is 7.29. The van der Waals surface area contributed by atoms with E-state index in [4.69, 9.17) is 4.74 Å². The quantitative estimate of drug-likeness (QED) is 0.324. The van der Waals surface area contributed by atoms with E-state index in [2.05, 4.69) is 10.4 Å². The highest BCUT2D eigenvalue weighted by molar-refractivity contribution is 7.23. The first-order valence-corrected chi connectivity index (χ1v) is 13.8. The summed E-state index contributed by atoms with van der Waals surface area (Å²) in [6.07, 6.45) is -0.514. The predicted octanol–water partition coefficient (Wildman–Crippen LogP) is 5.23. The van der Waals surface area contributed by atoms with E-state index in [1.165, 1.54) is 17.2 Å². The minimum atomic E-state index is -1.09. The molecule has 4 heterocycles. The number of rotatable bonds is 2. The van der Waals surface area contributed by atoms with Crippen LogP contribution in [0.1, 0.15) is 36.7 Å². The van der Waals surface area contributed by atoms with Gasteiger partial charge in [-0.1, -0.05) is 6.07 Å². The molecule has 2 aromatic heterocycles. The van der Waals surface area contributed by atoms with Crippen molar-refractivity contribution in [3.63, 3.8) is 0 Å². The van der Waals surface area contributed by atoms with Crippen LogP contribution in [-0.2, 0) is 11.3 Å². The van der Waals surface area contributed by atoms with Crippen molar-refractivity contribution in [2.24, 2.45) is 0 Å². The van der Waals surface area contributed by atoms with Gasteiger partial charge >= 0.3 is 12.2 Å². The lowest BCUT2D eigenvalue weighted by Crippen LogP contribution is -2.57. The fraction of sp³-hybridized carbons (Fsp3) is 0.321. The van der Waals surface area contributed by atoms with Gasteiger partial charge in [-0.05, 0) is 38.5 Å². The Morgan fingerprint density at radius 3 is 2.64 bits per heavy atom. The number of halogens is 2. The number of nitrogens with zero attached hydrogens (tertiary/aromatic N) is 5. The lowest BCUT2D eigenvalue weighted by Gasteiger charge is -2.39. The van der Waals surface area contributed by atoms with E-state index < -0.39 is 41.4 Å². The lowest BCUT2D eigenvalue weighted by atomic mass is 9.94. The maximum absolute atomic E-state index is 16.1. The Labute approximate surface area is 241 Å². The second-order valence-corrected chi connectivity index (χ2v) is 12.1. The van der Waals surface area contributed by atoms with Crippen molar-refractivity contribution in [1.29, 1.82) is 5.26 Å². The van der Waals surface area contributed by atoms with Gasteiger partial charge < -0.3 is 19.6 Å². The molecule has 4 aromatic rings. The molecule has 1 fully saturated rings. The van der Waals surface area contributed by atoms with E-state index >= 15 is 8.78 Å². The Morgan fingerprint density at radius 2 is 1.95 bits per heavy atom. The van der Waals surface area contributed by atoms with Crippen LogP contribution in [0.4, 0.5) is 23.4 Å². The number of carboxylic acid groups (broad SMARTS) is 1. The number of nitrogens with one attached hydrogen (secondary N) is 1. The summed E-state index contributed by atoms with van der Waals surface area (Å²) in [5.41, 5.74) is -0.250. The van der Waals surface area contributed by atoms with Crippen molar-refractivity contribution in [3.05, 3.63) is 47.2 Å². The Balaban J connectivity index is 1.52. The molecule has 6 rings (SSSR count). The second kappa shape index (κ2) is 9.66. The first-order valence-electron chi connectivity index (χ1n) is 13.0. The van der Waals surface area contributed by atoms with Gasteiger partial charge in [0.25, 0.3) is 5.91 Å². The highest BCUT2D eigenvalue weighted by atomic mass is 32.1. The molecule has 0 unspecified atom stereocenters.